The maximum absolute atomic E-state index is 10.4. The van der Waals surface area contributed by atoms with E-state index < -0.39 is 5.60 Å². The van der Waals surface area contributed by atoms with Crippen molar-refractivity contribution in [1.82, 2.24) is 0 Å². The second-order valence-corrected chi connectivity index (χ2v) is 4.32. The van der Waals surface area contributed by atoms with E-state index in [0.717, 1.165) is 6.42 Å². The summed E-state index contributed by atoms with van der Waals surface area (Å²) in [5.74, 6) is 0.502. The van der Waals surface area contributed by atoms with Gasteiger partial charge in [-0.3, -0.25) is 0 Å². The lowest BCUT2D eigenvalue weighted by molar-refractivity contribution is 0.0125. The second-order valence-electron chi connectivity index (χ2n) is 4.32. The van der Waals surface area contributed by atoms with Gasteiger partial charge in [0, 0.05) is 0 Å². The van der Waals surface area contributed by atoms with Crippen molar-refractivity contribution in [2.24, 2.45) is 5.92 Å². The molecule has 1 N–H and O–H groups in total. The van der Waals surface area contributed by atoms with Gasteiger partial charge < -0.3 is 5.11 Å². The molecule has 2 aliphatic carbocycles. The maximum Gasteiger partial charge on any atom is 0.0893 e. The van der Waals surface area contributed by atoms with Gasteiger partial charge in [0.1, 0.15) is 0 Å². The van der Waals surface area contributed by atoms with Gasteiger partial charge in [0.15, 0.2) is 0 Å². The zero-order valence-electron chi connectivity index (χ0n) is 8.08. The first-order chi connectivity index (χ1) is 6.31. The van der Waals surface area contributed by atoms with Crippen LogP contribution in [0.1, 0.15) is 38.5 Å². The van der Waals surface area contributed by atoms with E-state index in [2.05, 4.69) is 6.08 Å². The van der Waals surface area contributed by atoms with Gasteiger partial charge in [-0.15, -0.1) is 0 Å². The van der Waals surface area contributed by atoms with Gasteiger partial charge >= 0.3 is 0 Å². The molecule has 0 aromatic carbocycles. The molecule has 1 unspecified atom stereocenters. The molecule has 0 spiro atoms. The van der Waals surface area contributed by atoms with Crippen molar-refractivity contribution in [3.05, 3.63) is 24.3 Å². The minimum absolute atomic E-state index is 0.502. The van der Waals surface area contributed by atoms with E-state index in [1.54, 1.807) is 0 Å². The Kier molecular flexibility index (Phi) is 2.54. The van der Waals surface area contributed by atoms with Crippen LogP contribution in [0.4, 0.5) is 0 Å². The molecule has 0 bridgehead atoms. The lowest BCUT2D eigenvalue weighted by atomic mass is 9.74. The number of hydrogen-bond donors (Lipinski definition) is 1. The van der Waals surface area contributed by atoms with Crippen molar-refractivity contribution in [3.8, 4) is 0 Å². The summed E-state index contributed by atoms with van der Waals surface area (Å²) in [6, 6.07) is 0. The molecule has 0 aromatic rings. The molecule has 1 heteroatoms. The summed E-state index contributed by atoms with van der Waals surface area (Å²) >= 11 is 0. The molecular weight excluding hydrogens is 160 g/mol. The van der Waals surface area contributed by atoms with Crippen molar-refractivity contribution in [1.29, 1.82) is 0 Å². The molecule has 0 amide bonds. The maximum atomic E-state index is 10.4. The summed E-state index contributed by atoms with van der Waals surface area (Å²) in [6.45, 7) is 0. The lowest BCUT2D eigenvalue weighted by Crippen LogP contribution is -2.37. The Balaban J connectivity index is 2.04. The summed E-state index contributed by atoms with van der Waals surface area (Å²) in [6.07, 6.45) is 15.2. The van der Waals surface area contributed by atoms with Crippen LogP contribution >= 0.6 is 0 Å². The predicted molar refractivity (Wildman–Crippen MR) is 54.4 cm³/mol. The Labute approximate surface area is 80.2 Å². The highest BCUT2D eigenvalue weighted by Crippen LogP contribution is 2.36. The lowest BCUT2D eigenvalue weighted by Gasteiger charge is -2.36. The first kappa shape index (κ1) is 9.01. The summed E-state index contributed by atoms with van der Waals surface area (Å²) in [5.41, 5.74) is -0.519. The fourth-order valence-corrected chi connectivity index (χ4v) is 2.53. The average Bonchev–Trinajstić information content (AvgIpc) is 2.20. The highest BCUT2D eigenvalue weighted by atomic mass is 16.3. The van der Waals surface area contributed by atoms with Gasteiger partial charge in [0.05, 0.1) is 5.60 Å². The summed E-state index contributed by atoms with van der Waals surface area (Å²) < 4.78 is 0. The highest BCUT2D eigenvalue weighted by Gasteiger charge is 2.34. The normalized spacial score (nSPS) is 35.2. The van der Waals surface area contributed by atoms with Crippen LogP contribution in [0.3, 0.4) is 0 Å². The van der Waals surface area contributed by atoms with Crippen molar-refractivity contribution >= 4 is 0 Å². The van der Waals surface area contributed by atoms with Crippen LogP contribution in [0.15, 0.2) is 24.3 Å². The van der Waals surface area contributed by atoms with Crippen molar-refractivity contribution in [2.75, 3.05) is 0 Å². The van der Waals surface area contributed by atoms with Crippen LogP contribution in [0.2, 0.25) is 0 Å². The third kappa shape index (κ3) is 1.86. The monoisotopic (exact) mass is 178 g/mol. The second kappa shape index (κ2) is 3.67. The van der Waals surface area contributed by atoms with Crippen molar-refractivity contribution < 1.29 is 5.11 Å². The third-order valence-corrected chi connectivity index (χ3v) is 3.39. The van der Waals surface area contributed by atoms with Crippen LogP contribution in [-0.4, -0.2) is 10.7 Å². The molecule has 1 nitrogen and oxygen atoms in total. The van der Waals surface area contributed by atoms with Crippen molar-refractivity contribution in [3.63, 3.8) is 0 Å². The van der Waals surface area contributed by atoms with Crippen LogP contribution in [0, 0.1) is 5.92 Å². The minimum Gasteiger partial charge on any atom is -0.385 e. The van der Waals surface area contributed by atoms with Gasteiger partial charge in [-0.1, -0.05) is 43.6 Å². The van der Waals surface area contributed by atoms with Gasteiger partial charge in [-0.05, 0) is 25.2 Å². The number of allylic oxidation sites excluding steroid dienone is 2. The number of aliphatic hydroxyl groups is 1. The summed E-state index contributed by atoms with van der Waals surface area (Å²) in [4.78, 5) is 0. The highest BCUT2D eigenvalue weighted by molar-refractivity contribution is 5.19. The van der Waals surface area contributed by atoms with Crippen molar-refractivity contribution in [2.45, 2.75) is 44.1 Å². The molecule has 2 aliphatic rings. The van der Waals surface area contributed by atoms with E-state index in [4.69, 9.17) is 0 Å². The third-order valence-electron chi connectivity index (χ3n) is 3.39. The standard InChI is InChI=1S/C12H18O/c13-12(9-5-2-6-10-12)11-7-3-1-4-8-11/h2,5-6,9,11,13H,1,3-4,7-8,10H2. The summed E-state index contributed by atoms with van der Waals surface area (Å²) in [7, 11) is 0. The predicted octanol–water partition coefficient (Wildman–Crippen LogP) is 2.81. The van der Waals surface area contributed by atoms with Gasteiger partial charge in [-0.25, -0.2) is 0 Å². The SMILES string of the molecule is OC1(C2CCCCC2)C=CC=CC1. The van der Waals surface area contributed by atoms with E-state index in [9.17, 15) is 5.11 Å². The Morgan fingerprint density at radius 1 is 1.08 bits per heavy atom. The minimum atomic E-state index is -0.519. The first-order valence-electron chi connectivity index (χ1n) is 5.38. The Morgan fingerprint density at radius 2 is 1.85 bits per heavy atom. The quantitative estimate of drug-likeness (QED) is 0.654. The van der Waals surface area contributed by atoms with Gasteiger partial charge in [0.25, 0.3) is 0 Å². The molecule has 1 fully saturated rings. The van der Waals surface area contributed by atoms with Gasteiger partial charge in [0.2, 0.25) is 0 Å². The fourth-order valence-electron chi connectivity index (χ4n) is 2.53. The molecule has 0 saturated heterocycles. The average molecular weight is 178 g/mol. The van der Waals surface area contributed by atoms with Crippen LogP contribution in [0.5, 0.6) is 0 Å². The Bertz CT molecular complexity index is 223. The molecular formula is C12H18O. The number of hydrogen-bond acceptors (Lipinski definition) is 1. The van der Waals surface area contributed by atoms with E-state index in [1.807, 2.05) is 18.2 Å². The Hall–Kier alpha value is -0.560. The molecule has 72 valence electrons. The van der Waals surface area contributed by atoms with Crippen LogP contribution in [-0.2, 0) is 0 Å². The summed E-state index contributed by atoms with van der Waals surface area (Å²) in [5, 5.41) is 10.4. The zero-order valence-corrected chi connectivity index (χ0v) is 8.08. The largest absolute Gasteiger partial charge is 0.385 e. The molecule has 2 rings (SSSR count). The molecule has 1 atom stereocenters. The first-order valence-corrected chi connectivity index (χ1v) is 5.38. The van der Waals surface area contributed by atoms with Gasteiger partial charge in [-0.2, -0.15) is 0 Å². The smallest absolute Gasteiger partial charge is 0.0893 e. The zero-order chi connectivity index (χ0) is 9.15. The molecule has 13 heavy (non-hydrogen) atoms. The molecule has 1 saturated carbocycles. The Morgan fingerprint density at radius 3 is 2.46 bits per heavy atom. The van der Waals surface area contributed by atoms with Crippen LogP contribution < -0.4 is 0 Å². The molecule has 0 aliphatic heterocycles. The topological polar surface area (TPSA) is 20.2 Å². The van der Waals surface area contributed by atoms with E-state index in [1.165, 1.54) is 32.1 Å². The molecule has 0 radical (unpaired) electrons. The van der Waals surface area contributed by atoms with Crippen LogP contribution in [0.25, 0.3) is 0 Å². The number of rotatable bonds is 1. The van der Waals surface area contributed by atoms with E-state index in [0.29, 0.717) is 5.92 Å². The fraction of sp³-hybridized carbons (Fsp3) is 0.667. The van der Waals surface area contributed by atoms with E-state index in [-0.39, 0.29) is 0 Å². The van der Waals surface area contributed by atoms with E-state index >= 15 is 0 Å². The molecule has 0 heterocycles. The molecule has 0 aromatic heterocycles.